The van der Waals surface area contributed by atoms with Gasteiger partial charge in [-0.05, 0) is 30.3 Å². The van der Waals surface area contributed by atoms with Crippen molar-refractivity contribution in [1.29, 1.82) is 0 Å². The molecule has 4 aromatic rings. The molecular weight excluding hydrogens is 262 g/mol. The van der Waals surface area contributed by atoms with E-state index in [2.05, 4.69) is 19.9 Å². The monoisotopic (exact) mass is 273 g/mol. The number of aromatic nitrogens is 4. The molecule has 0 spiro atoms. The minimum Gasteiger partial charge on any atom is -0.383 e. The predicted molar refractivity (Wildman–Crippen MR) is 82.5 cm³/mol. The van der Waals surface area contributed by atoms with Crippen LogP contribution < -0.4 is 5.73 Å². The van der Waals surface area contributed by atoms with E-state index in [0.29, 0.717) is 5.82 Å². The molecule has 0 aliphatic heterocycles. The summed E-state index contributed by atoms with van der Waals surface area (Å²) in [5.74, 6) is 0.479. The van der Waals surface area contributed by atoms with Crippen LogP contribution in [0.5, 0.6) is 0 Å². The highest BCUT2D eigenvalue weighted by molar-refractivity contribution is 5.97. The van der Waals surface area contributed by atoms with E-state index in [1.165, 1.54) is 0 Å². The Bertz CT molecular complexity index is 959. The van der Waals surface area contributed by atoms with Crippen molar-refractivity contribution in [2.45, 2.75) is 0 Å². The van der Waals surface area contributed by atoms with Gasteiger partial charge in [0, 0.05) is 40.9 Å². The van der Waals surface area contributed by atoms with Crippen LogP contribution in [0.3, 0.4) is 0 Å². The Hall–Kier alpha value is -3.08. The standard InChI is InChI=1S/C16H11N5/c17-16-11-3-6-18-9-10(11)8-14(21-16)15-12-2-1-5-19-13(12)4-7-20-15/h1-9H,(H2,17,21). The molecule has 5 nitrogen and oxygen atoms in total. The number of hydrogen-bond acceptors (Lipinski definition) is 5. The minimum atomic E-state index is 0.479. The summed E-state index contributed by atoms with van der Waals surface area (Å²) < 4.78 is 0. The quantitative estimate of drug-likeness (QED) is 0.577. The topological polar surface area (TPSA) is 77.6 Å². The van der Waals surface area contributed by atoms with Gasteiger partial charge in [-0.25, -0.2) is 4.98 Å². The third-order valence-electron chi connectivity index (χ3n) is 3.43. The lowest BCUT2D eigenvalue weighted by atomic mass is 10.1. The fraction of sp³-hybridized carbons (Fsp3) is 0. The van der Waals surface area contributed by atoms with E-state index in [1.54, 1.807) is 24.8 Å². The highest BCUT2D eigenvalue weighted by atomic mass is 14.9. The van der Waals surface area contributed by atoms with Crippen molar-refractivity contribution < 1.29 is 0 Å². The van der Waals surface area contributed by atoms with E-state index in [0.717, 1.165) is 33.1 Å². The second-order valence-electron chi connectivity index (χ2n) is 4.72. The van der Waals surface area contributed by atoms with E-state index in [-0.39, 0.29) is 0 Å². The van der Waals surface area contributed by atoms with Gasteiger partial charge in [0.1, 0.15) is 5.82 Å². The molecule has 0 saturated heterocycles. The van der Waals surface area contributed by atoms with Crippen molar-refractivity contribution >= 4 is 27.5 Å². The average molecular weight is 273 g/mol. The molecule has 2 N–H and O–H groups in total. The van der Waals surface area contributed by atoms with E-state index < -0.39 is 0 Å². The molecule has 0 aromatic carbocycles. The van der Waals surface area contributed by atoms with Crippen molar-refractivity contribution in [3.05, 3.63) is 55.1 Å². The largest absolute Gasteiger partial charge is 0.383 e. The van der Waals surface area contributed by atoms with Crippen molar-refractivity contribution in [2.24, 2.45) is 0 Å². The first-order valence-corrected chi connectivity index (χ1v) is 6.53. The molecule has 21 heavy (non-hydrogen) atoms. The highest BCUT2D eigenvalue weighted by Gasteiger charge is 2.10. The second-order valence-corrected chi connectivity index (χ2v) is 4.72. The smallest absolute Gasteiger partial charge is 0.132 e. The number of nitrogens with two attached hydrogens (primary N) is 1. The van der Waals surface area contributed by atoms with Crippen LogP contribution in [-0.4, -0.2) is 19.9 Å². The molecule has 100 valence electrons. The van der Waals surface area contributed by atoms with Gasteiger partial charge in [-0.15, -0.1) is 0 Å². The molecule has 0 aliphatic carbocycles. The Morgan fingerprint density at radius 2 is 1.86 bits per heavy atom. The van der Waals surface area contributed by atoms with Crippen LogP contribution in [-0.2, 0) is 0 Å². The number of anilines is 1. The molecular formula is C16H11N5. The lowest BCUT2D eigenvalue weighted by Crippen LogP contribution is -1.96. The Balaban J connectivity index is 2.05. The van der Waals surface area contributed by atoms with Crippen LogP contribution in [0.2, 0.25) is 0 Å². The Morgan fingerprint density at radius 1 is 0.905 bits per heavy atom. The van der Waals surface area contributed by atoms with Gasteiger partial charge in [0.2, 0.25) is 0 Å². The summed E-state index contributed by atoms with van der Waals surface area (Å²) in [6.45, 7) is 0. The van der Waals surface area contributed by atoms with Crippen molar-refractivity contribution in [3.8, 4) is 11.4 Å². The first kappa shape index (κ1) is 11.7. The van der Waals surface area contributed by atoms with Crippen LogP contribution in [0.25, 0.3) is 33.1 Å². The fourth-order valence-corrected chi connectivity index (χ4v) is 2.45. The van der Waals surface area contributed by atoms with Gasteiger partial charge in [-0.3, -0.25) is 15.0 Å². The van der Waals surface area contributed by atoms with Crippen molar-refractivity contribution in [3.63, 3.8) is 0 Å². The second kappa shape index (κ2) is 4.49. The lowest BCUT2D eigenvalue weighted by Gasteiger charge is -2.07. The molecule has 0 amide bonds. The molecule has 0 fully saturated rings. The average Bonchev–Trinajstić information content (AvgIpc) is 2.54. The maximum absolute atomic E-state index is 6.06. The zero-order valence-corrected chi connectivity index (χ0v) is 11.1. The summed E-state index contributed by atoms with van der Waals surface area (Å²) in [7, 11) is 0. The van der Waals surface area contributed by atoms with Gasteiger partial charge in [-0.1, -0.05) is 0 Å². The number of nitrogen functional groups attached to an aromatic ring is 1. The van der Waals surface area contributed by atoms with Crippen LogP contribution in [0.4, 0.5) is 5.82 Å². The zero-order chi connectivity index (χ0) is 14.2. The third kappa shape index (κ3) is 1.87. The van der Waals surface area contributed by atoms with Gasteiger partial charge in [0.05, 0.1) is 16.9 Å². The van der Waals surface area contributed by atoms with Gasteiger partial charge in [0.25, 0.3) is 0 Å². The fourth-order valence-electron chi connectivity index (χ4n) is 2.45. The lowest BCUT2D eigenvalue weighted by molar-refractivity contribution is 1.27. The molecule has 4 aromatic heterocycles. The third-order valence-corrected chi connectivity index (χ3v) is 3.43. The number of fused-ring (bicyclic) bond motifs is 2. The normalized spacial score (nSPS) is 11.0. The summed E-state index contributed by atoms with van der Waals surface area (Å²) in [5.41, 5.74) is 8.44. The van der Waals surface area contributed by atoms with Gasteiger partial charge in [0.15, 0.2) is 0 Å². The van der Waals surface area contributed by atoms with Gasteiger partial charge < -0.3 is 5.73 Å². The van der Waals surface area contributed by atoms with Crippen LogP contribution in [0.1, 0.15) is 0 Å². The predicted octanol–water partition coefficient (Wildman–Crippen LogP) is 2.82. The van der Waals surface area contributed by atoms with Crippen LogP contribution in [0.15, 0.2) is 55.1 Å². The van der Waals surface area contributed by atoms with Crippen LogP contribution in [0, 0.1) is 0 Å². The first-order chi connectivity index (χ1) is 10.3. The number of nitrogens with zero attached hydrogens (tertiary/aromatic N) is 4. The highest BCUT2D eigenvalue weighted by Crippen LogP contribution is 2.28. The molecule has 4 heterocycles. The van der Waals surface area contributed by atoms with E-state index >= 15 is 0 Å². The summed E-state index contributed by atoms with van der Waals surface area (Å²) in [6, 6.07) is 9.56. The molecule has 0 unspecified atom stereocenters. The summed E-state index contributed by atoms with van der Waals surface area (Å²) in [6.07, 6.45) is 6.98. The summed E-state index contributed by atoms with van der Waals surface area (Å²) in [4.78, 5) is 17.4. The maximum atomic E-state index is 6.06. The van der Waals surface area contributed by atoms with E-state index in [4.69, 9.17) is 5.73 Å². The number of hydrogen-bond donors (Lipinski definition) is 1. The molecule has 0 aliphatic rings. The molecule has 0 bridgehead atoms. The Kier molecular flexibility index (Phi) is 2.50. The SMILES string of the molecule is Nc1nc(-c2nccc3ncccc23)cc2cnccc12. The molecule has 0 radical (unpaired) electrons. The summed E-state index contributed by atoms with van der Waals surface area (Å²) >= 11 is 0. The Morgan fingerprint density at radius 3 is 2.81 bits per heavy atom. The van der Waals surface area contributed by atoms with Crippen LogP contribution >= 0.6 is 0 Å². The maximum Gasteiger partial charge on any atom is 0.132 e. The van der Waals surface area contributed by atoms with Crippen molar-refractivity contribution in [2.75, 3.05) is 5.73 Å². The minimum absolute atomic E-state index is 0.479. The molecule has 5 heteroatoms. The van der Waals surface area contributed by atoms with E-state index in [1.807, 2.05) is 30.3 Å². The zero-order valence-electron chi connectivity index (χ0n) is 11.1. The Labute approximate surface area is 120 Å². The van der Waals surface area contributed by atoms with Gasteiger partial charge in [-0.2, -0.15) is 0 Å². The number of rotatable bonds is 1. The van der Waals surface area contributed by atoms with Gasteiger partial charge >= 0.3 is 0 Å². The molecule has 4 rings (SSSR count). The first-order valence-electron chi connectivity index (χ1n) is 6.53. The number of pyridine rings is 4. The van der Waals surface area contributed by atoms with E-state index in [9.17, 15) is 0 Å². The molecule has 0 atom stereocenters. The molecule has 0 saturated carbocycles. The van der Waals surface area contributed by atoms with Crippen molar-refractivity contribution in [1.82, 2.24) is 19.9 Å². The summed E-state index contributed by atoms with van der Waals surface area (Å²) in [5, 5.41) is 2.80.